The average Bonchev–Trinajstić information content (AvgIpc) is 2.09. The molecule has 82 valence electrons. The minimum atomic E-state index is -0.813. The summed E-state index contributed by atoms with van der Waals surface area (Å²) in [5.74, 6) is -0.813. The average molecular weight is 221 g/mol. The number of aliphatic carboxylic acids is 1. The molecule has 1 N–H and O–H groups in total. The summed E-state index contributed by atoms with van der Waals surface area (Å²) in [6.07, 6.45) is 1.74. The van der Waals surface area contributed by atoms with Crippen LogP contribution >= 0.6 is 11.6 Å². The van der Waals surface area contributed by atoms with Gasteiger partial charge in [0, 0.05) is 25.2 Å². The van der Waals surface area contributed by atoms with E-state index >= 15 is 0 Å². The minimum Gasteiger partial charge on any atom is -0.480 e. The standard InChI is InChI=1S/C9H17ClN2O2/c1-11(2)6-7-12(5-3-4-10)8-9(13)14/h3-4H,5-8H2,1-2H3,(H,13,14)/b4-3+. The van der Waals surface area contributed by atoms with E-state index in [0.717, 1.165) is 13.1 Å². The van der Waals surface area contributed by atoms with Gasteiger partial charge in [-0.25, -0.2) is 0 Å². The van der Waals surface area contributed by atoms with Crippen LogP contribution in [0, 0.1) is 0 Å². The smallest absolute Gasteiger partial charge is 0.317 e. The molecule has 0 fully saturated rings. The molecule has 5 heteroatoms. The van der Waals surface area contributed by atoms with Crippen LogP contribution in [-0.2, 0) is 4.79 Å². The van der Waals surface area contributed by atoms with Gasteiger partial charge in [-0.05, 0) is 14.1 Å². The predicted molar refractivity (Wildman–Crippen MR) is 57.6 cm³/mol. The normalized spacial score (nSPS) is 11.8. The van der Waals surface area contributed by atoms with E-state index in [1.807, 2.05) is 23.9 Å². The van der Waals surface area contributed by atoms with Crippen molar-refractivity contribution in [1.82, 2.24) is 9.80 Å². The first kappa shape index (κ1) is 13.4. The van der Waals surface area contributed by atoms with Crippen molar-refractivity contribution in [1.29, 1.82) is 0 Å². The fraction of sp³-hybridized carbons (Fsp3) is 0.667. The Morgan fingerprint density at radius 1 is 1.43 bits per heavy atom. The lowest BCUT2D eigenvalue weighted by atomic mass is 10.4. The van der Waals surface area contributed by atoms with Crippen molar-refractivity contribution in [3.63, 3.8) is 0 Å². The van der Waals surface area contributed by atoms with Gasteiger partial charge in [0.1, 0.15) is 0 Å². The van der Waals surface area contributed by atoms with E-state index < -0.39 is 5.97 Å². The van der Waals surface area contributed by atoms with E-state index in [4.69, 9.17) is 16.7 Å². The molecule has 0 atom stereocenters. The maximum absolute atomic E-state index is 10.5. The third-order valence-electron chi connectivity index (χ3n) is 1.68. The first-order chi connectivity index (χ1) is 6.56. The number of nitrogens with zero attached hydrogens (tertiary/aromatic N) is 2. The molecule has 0 aromatic carbocycles. The van der Waals surface area contributed by atoms with Crippen LogP contribution in [0.5, 0.6) is 0 Å². The highest BCUT2D eigenvalue weighted by molar-refractivity contribution is 6.25. The highest BCUT2D eigenvalue weighted by Crippen LogP contribution is 1.91. The largest absolute Gasteiger partial charge is 0.480 e. The Kier molecular flexibility index (Phi) is 7.47. The summed E-state index contributed by atoms with van der Waals surface area (Å²) in [6, 6.07) is 0. The number of halogens is 1. The molecule has 0 aromatic rings. The molecule has 4 nitrogen and oxygen atoms in total. The second kappa shape index (κ2) is 7.79. The van der Waals surface area contributed by atoms with Gasteiger partial charge in [-0.3, -0.25) is 9.69 Å². The Morgan fingerprint density at radius 2 is 2.07 bits per heavy atom. The Bertz CT molecular complexity index is 195. The number of rotatable bonds is 7. The van der Waals surface area contributed by atoms with Crippen LogP contribution in [-0.4, -0.2) is 61.2 Å². The van der Waals surface area contributed by atoms with Gasteiger partial charge >= 0.3 is 5.97 Å². The number of hydrogen-bond acceptors (Lipinski definition) is 3. The third kappa shape index (κ3) is 8.04. The molecular weight excluding hydrogens is 204 g/mol. The molecule has 0 spiro atoms. The third-order valence-corrected chi connectivity index (χ3v) is 1.85. The van der Waals surface area contributed by atoms with Gasteiger partial charge in [-0.1, -0.05) is 17.7 Å². The molecule has 0 amide bonds. The Labute approximate surface area is 89.7 Å². The summed E-state index contributed by atoms with van der Waals surface area (Å²) in [7, 11) is 3.91. The van der Waals surface area contributed by atoms with Gasteiger partial charge in [-0.2, -0.15) is 0 Å². The summed E-state index contributed by atoms with van der Waals surface area (Å²) in [4.78, 5) is 14.3. The lowest BCUT2D eigenvalue weighted by Crippen LogP contribution is -2.35. The number of carboxylic acid groups (broad SMARTS) is 1. The van der Waals surface area contributed by atoms with Crippen molar-refractivity contribution in [2.45, 2.75) is 0 Å². The summed E-state index contributed by atoms with van der Waals surface area (Å²) in [5.41, 5.74) is 1.41. The number of hydrogen-bond donors (Lipinski definition) is 1. The van der Waals surface area contributed by atoms with Crippen molar-refractivity contribution >= 4 is 17.6 Å². The maximum Gasteiger partial charge on any atom is 0.317 e. The molecule has 0 saturated carbocycles. The number of likely N-dealkylation sites (N-methyl/N-ethyl adjacent to an activating group) is 1. The first-order valence-corrected chi connectivity index (χ1v) is 4.84. The SMILES string of the molecule is CN(C)CCN(C/C=C/Cl)CC(=O)O. The van der Waals surface area contributed by atoms with Crippen LogP contribution in [0.15, 0.2) is 11.6 Å². The zero-order chi connectivity index (χ0) is 11.0. The zero-order valence-electron chi connectivity index (χ0n) is 8.61. The number of carboxylic acids is 1. The van der Waals surface area contributed by atoms with E-state index in [1.54, 1.807) is 6.08 Å². The van der Waals surface area contributed by atoms with Crippen LogP contribution in [0.2, 0.25) is 0 Å². The lowest BCUT2D eigenvalue weighted by Gasteiger charge is -2.20. The van der Waals surface area contributed by atoms with E-state index in [2.05, 4.69) is 0 Å². The van der Waals surface area contributed by atoms with Crippen molar-refractivity contribution in [2.24, 2.45) is 0 Å². The molecule has 0 radical (unpaired) electrons. The highest BCUT2D eigenvalue weighted by atomic mass is 35.5. The maximum atomic E-state index is 10.5. The summed E-state index contributed by atoms with van der Waals surface area (Å²) in [6.45, 7) is 2.18. The topological polar surface area (TPSA) is 43.8 Å². The van der Waals surface area contributed by atoms with E-state index in [9.17, 15) is 4.79 Å². The van der Waals surface area contributed by atoms with Crippen molar-refractivity contribution in [3.05, 3.63) is 11.6 Å². The molecule has 0 saturated heterocycles. The van der Waals surface area contributed by atoms with Gasteiger partial charge in [0.05, 0.1) is 6.54 Å². The summed E-state index contributed by atoms with van der Waals surface area (Å²) >= 11 is 5.38. The highest BCUT2D eigenvalue weighted by Gasteiger charge is 2.07. The molecule has 0 bridgehead atoms. The fourth-order valence-electron chi connectivity index (χ4n) is 0.957. The van der Waals surface area contributed by atoms with Gasteiger partial charge in [0.25, 0.3) is 0 Å². The molecule has 0 aliphatic heterocycles. The number of carbonyl (C=O) groups is 1. The van der Waals surface area contributed by atoms with Crippen molar-refractivity contribution < 1.29 is 9.90 Å². The molecule has 0 rings (SSSR count). The van der Waals surface area contributed by atoms with Crippen molar-refractivity contribution in [3.8, 4) is 0 Å². The molecule has 0 unspecified atom stereocenters. The second-order valence-corrected chi connectivity index (χ2v) is 3.55. The van der Waals surface area contributed by atoms with Crippen LogP contribution in [0.3, 0.4) is 0 Å². The van der Waals surface area contributed by atoms with E-state index in [1.165, 1.54) is 5.54 Å². The van der Waals surface area contributed by atoms with Gasteiger partial charge in [0.15, 0.2) is 0 Å². The summed E-state index contributed by atoms with van der Waals surface area (Å²) < 4.78 is 0. The predicted octanol–water partition coefficient (Wildman–Crippen LogP) is 0.687. The molecular formula is C9H17ClN2O2. The van der Waals surface area contributed by atoms with Crippen LogP contribution < -0.4 is 0 Å². The zero-order valence-corrected chi connectivity index (χ0v) is 9.37. The van der Waals surface area contributed by atoms with Gasteiger partial charge in [-0.15, -0.1) is 0 Å². The minimum absolute atomic E-state index is 0.0507. The van der Waals surface area contributed by atoms with E-state index in [-0.39, 0.29) is 6.54 Å². The summed E-state index contributed by atoms with van der Waals surface area (Å²) in [5, 5.41) is 8.64. The lowest BCUT2D eigenvalue weighted by molar-refractivity contribution is -0.138. The Balaban J connectivity index is 3.90. The van der Waals surface area contributed by atoms with E-state index in [0.29, 0.717) is 6.54 Å². The van der Waals surface area contributed by atoms with Crippen molar-refractivity contribution in [2.75, 3.05) is 40.3 Å². The Morgan fingerprint density at radius 3 is 2.50 bits per heavy atom. The second-order valence-electron chi connectivity index (χ2n) is 3.29. The Hall–Kier alpha value is -0.580. The fourth-order valence-corrected chi connectivity index (χ4v) is 1.04. The molecule has 0 aliphatic rings. The molecule has 0 aromatic heterocycles. The monoisotopic (exact) mass is 220 g/mol. The van der Waals surface area contributed by atoms with Crippen LogP contribution in [0.1, 0.15) is 0 Å². The van der Waals surface area contributed by atoms with Crippen LogP contribution in [0.4, 0.5) is 0 Å². The quantitative estimate of drug-likeness (QED) is 0.686. The molecule has 0 aliphatic carbocycles. The van der Waals surface area contributed by atoms with Gasteiger partial charge < -0.3 is 10.0 Å². The first-order valence-electron chi connectivity index (χ1n) is 4.40. The molecule has 0 heterocycles. The van der Waals surface area contributed by atoms with Crippen LogP contribution in [0.25, 0.3) is 0 Å². The van der Waals surface area contributed by atoms with Gasteiger partial charge in [0.2, 0.25) is 0 Å². The molecule has 14 heavy (non-hydrogen) atoms.